The van der Waals surface area contributed by atoms with Gasteiger partial charge in [-0.1, -0.05) is 30.3 Å². The third-order valence-corrected chi connectivity index (χ3v) is 2.81. The molecule has 0 N–H and O–H groups in total. The molecule has 2 atom stereocenters. The van der Waals surface area contributed by atoms with Gasteiger partial charge < -0.3 is 4.74 Å². The predicted octanol–water partition coefficient (Wildman–Crippen LogP) is 3.14. The Hall–Kier alpha value is -0.900. The van der Waals surface area contributed by atoms with Crippen LogP contribution in [0.3, 0.4) is 0 Å². The molecule has 0 unspecified atom stereocenters. The highest BCUT2D eigenvalue weighted by molar-refractivity contribution is 5.19. The number of hydroxylamine groups is 2. The van der Waals surface area contributed by atoms with Crippen molar-refractivity contribution in [1.29, 1.82) is 0 Å². The zero-order chi connectivity index (χ0) is 12.5. The number of hydrogen-bond donors (Lipinski definition) is 0. The first-order chi connectivity index (χ1) is 7.96. The first-order valence-corrected chi connectivity index (χ1v) is 6.08. The minimum absolute atomic E-state index is 0.148. The van der Waals surface area contributed by atoms with Gasteiger partial charge in [-0.2, -0.15) is 5.06 Å². The van der Waals surface area contributed by atoms with Crippen LogP contribution in [0.15, 0.2) is 30.3 Å². The van der Waals surface area contributed by atoms with Crippen LogP contribution >= 0.6 is 0 Å². The van der Waals surface area contributed by atoms with Gasteiger partial charge in [-0.15, -0.1) is 0 Å². The summed E-state index contributed by atoms with van der Waals surface area (Å²) in [6, 6.07) is 10.7. The van der Waals surface area contributed by atoms with Crippen molar-refractivity contribution < 1.29 is 9.57 Å². The molecule has 0 amide bonds. The van der Waals surface area contributed by atoms with Crippen LogP contribution in [0.1, 0.15) is 38.8 Å². The molecular weight excluding hydrogens is 214 g/mol. The highest BCUT2D eigenvalue weighted by Gasteiger charge is 2.34. The van der Waals surface area contributed by atoms with Crippen LogP contribution in [-0.4, -0.2) is 24.0 Å². The van der Waals surface area contributed by atoms with Crippen LogP contribution in [0.4, 0.5) is 0 Å². The molecule has 0 bridgehead atoms. The predicted molar refractivity (Wildman–Crippen MR) is 67.3 cm³/mol. The summed E-state index contributed by atoms with van der Waals surface area (Å²) < 4.78 is 5.86. The Bertz CT molecular complexity index is 358. The van der Waals surface area contributed by atoms with E-state index in [1.165, 1.54) is 5.56 Å². The molecule has 0 aliphatic carbocycles. The third-order valence-electron chi connectivity index (χ3n) is 2.81. The van der Waals surface area contributed by atoms with E-state index in [0.29, 0.717) is 0 Å². The SMILES string of the molecule is CN1O[C@H](OC(C)(C)C)C[C@H]1c1ccccc1. The molecule has 1 fully saturated rings. The number of hydrogen-bond acceptors (Lipinski definition) is 3. The molecule has 1 aromatic rings. The molecule has 3 heteroatoms. The van der Waals surface area contributed by atoms with Gasteiger partial charge in [0.15, 0.2) is 6.29 Å². The van der Waals surface area contributed by atoms with Gasteiger partial charge in [0.1, 0.15) is 0 Å². The minimum Gasteiger partial charge on any atom is -0.345 e. The fourth-order valence-corrected chi connectivity index (χ4v) is 2.12. The molecule has 2 rings (SSSR count). The number of nitrogens with zero attached hydrogens (tertiary/aromatic N) is 1. The Morgan fingerprint density at radius 2 is 1.88 bits per heavy atom. The highest BCUT2D eigenvalue weighted by Crippen LogP contribution is 2.34. The van der Waals surface area contributed by atoms with E-state index in [1.54, 1.807) is 0 Å². The molecule has 1 heterocycles. The lowest BCUT2D eigenvalue weighted by Crippen LogP contribution is -2.27. The van der Waals surface area contributed by atoms with E-state index in [2.05, 4.69) is 24.3 Å². The summed E-state index contributed by atoms with van der Waals surface area (Å²) >= 11 is 0. The van der Waals surface area contributed by atoms with E-state index in [4.69, 9.17) is 9.57 Å². The summed E-state index contributed by atoms with van der Waals surface area (Å²) in [5.74, 6) is 0. The van der Waals surface area contributed by atoms with E-state index in [9.17, 15) is 0 Å². The molecule has 1 saturated heterocycles. The molecule has 0 saturated carbocycles. The van der Waals surface area contributed by atoms with Gasteiger partial charge in [-0.25, -0.2) is 0 Å². The molecule has 94 valence electrons. The summed E-state index contributed by atoms with van der Waals surface area (Å²) in [4.78, 5) is 5.72. The van der Waals surface area contributed by atoms with Gasteiger partial charge in [0, 0.05) is 13.5 Å². The van der Waals surface area contributed by atoms with Gasteiger partial charge in [-0.05, 0) is 26.3 Å². The van der Waals surface area contributed by atoms with E-state index >= 15 is 0 Å². The summed E-state index contributed by atoms with van der Waals surface area (Å²) in [7, 11) is 1.96. The second kappa shape index (κ2) is 4.77. The highest BCUT2D eigenvalue weighted by atomic mass is 16.8. The molecule has 1 aliphatic rings. The molecule has 1 aliphatic heterocycles. The molecule has 0 aromatic heterocycles. The van der Waals surface area contributed by atoms with Crippen LogP contribution in [0, 0.1) is 0 Å². The van der Waals surface area contributed by atoms with Crippen molar-refractivity contribution in [3.63, 3.8) is 0 Å². The minimum atomic E-state index is -0.170. The van der Waals surface area contributed by atoms with Crippen LogP contribution < -0.4 is 0 Å². The van der Waals surface area contributed by atoms with Crippen molar-refractivity contribution in [2.24, 2.45) is 0 Å². The summed E-state index contributed by atoms with van der Waals surface area (Å²) in [5.41, 5.74) is 1.10. The Kier molecular flexibility index (Phi) is 3.52. The average Bonchev–Trinajstić information content (AvgIpc) is 2.58. The molecular formula is C14H21NO2. The van der Waals surface area contributed by atoms with E-state index in [-0.39, 0.29) is 17.9 Å². The lowest BCUT2D eigenvalue weighted by Gasteiger charge is -2.23. The van der Waals surface area contributed by atoms with Gasteiger partial charge in [-0.3, -0.25) is 4.84 Å². The lowest BCUT2D eigenvalue weighted by molar-refractivity contribution is -0.256. The van der Waals surface area contributed by atoms with E-state index in [0.717, 1.165) is 6.42 Å². The van der Waals surface area contributed by atoms with Gasteiger partial charge >= 0.3 is 0 Å². The number of rotatable bonds is 2. The van der Waals surface area contributed by atoms with E-state index < -0.39 is 0 Å². The maximum Gasteiger partial charge on any atom is 0.180 e. The summed E-state index contributed by atoms with van der Waals surface area (Å²) in [6.07, 6.45) is 0.725. The van der Waals surface area contributed by atoms with Crippen LogP contribution in [0.5, 0.6) is 0 Å². The Balaban J connectivity index is 2.03. The van der Waals surface area contributed by atoms with E-state index in [1.807, 2.05) is 38.9 Å². The monoisotopic (exact) mass is 235 g/mol. The van der Waals surface area contributed by atoms with Crippen molar-refractivity contribution in [2.45, 2.75) is 45.1 Å². The fraction of sp³-hybridized carbons (Fsp3) is 0.571. The zero-order valence-corrected chi connectivity index (χ0v) is 11.0. The van der Waals surface area contributed by atoms with Gasteiger partial charge in [0.05, 0.1) is 11.6 Å². The fourth-order valence-electron chi connectivity index (χ4n) is 2.12. The molecule has 0 spiro atoms. The largest absolute Gasteiger partial charge is 0.345 e. The van der Waals surface area contributed by atoms with Crippen LogP contribution in [0.2, 0.25) is 0 Å². The first kappa shape index (κ1) is 12.6. The Labute approximate surface area is 103 Å². The zero-order valence-electron chi connectivity index (χ0n) is 11.0. The third kappa shape index (κ3) is 3.28. The molecule has 17 heavy (non-hydrogen) atoms. The maximum atomic E-state index is 5.86. The average molecular weight is 235 g/mol. The van der Waals surface area contributed by atoms with Crippen molar-refractivity contribution in [1.82, 2.24) is 5.06 Å². The van der Waals surface area contributed by atoms with Crippen molar-refractivity contribution in [3.8, 4) is 0 Å². The van der Waals surface area contributed by atoms with Gasteiger partial charge in [0.2, 0.25) is 0 Å². The first-order valence-electron chi connectivity index (χ1n) is 6.08. The summed E-state index contributed by atoms with van der Waals surface area (Å²) in [6.45, 7) is 6.14. The maximum absolute atomic E-state index is 5.86. The molecule has 0 radical (unpaired) electrons. The standard InChI is InChI=1S/C14H21NO2/c1-14(2,3)16-13-10-12(15(4)17-13)11-8-6-5-7-9-11/h5-9,12-13H,10H2,1-4H3/t12-,13-/m0/s1. The van der Waals surface area contributed by atoms with Crippen LogP contribution in [0.25, 0.3) is 0 Å². The van der Waals surface area contributed by atoms with Crippen molar-refractivity contribution in [3.05, 3.63) is 35.9 Å². The quantitative estimate of drug-likeness (QED) is 0.786. The normalized spacial score (nSPS) is 26.4. The van der Waals surface area contributed by atoms with Crippen molar-refractivity contribution >= 4 is 0 Å². The second-order valence-corrected chi connectivity index (χ2v) is 5.47. The molecule has 1 aromatic carbocycles. The topological polar surface area (TPSA) is 21.7 Å². The number of ether oxygens (including phenoxy) is 1. The molecule has 3 nitrogen and oxygen atoms in total. The van der Waals surface area contributed by atoms with Crippen LogP contribution in [-0.2, 0) is 9.57 Å². The number of benzene rings is 1. The second-order valence-electron chi connectivity index (χ2n) is 5.47. The smallest absolute Gasteiger partial charge is 0.180 e. The Morgan fingerprint density at radius 1 is 1.24 bits per heavy atom. The summed E-state index contributed by atoms with van der Waals surface area (Å²) in [5, 5.41) is 1.89. The van der Waals surface area contributed by atoms with Gasteiger partial charge in [0.25, 0.3) is 0 Å². The van der Waals surface area contributed by atoms with Crippen molar-refractivity contribution in [2.75, 3.05) is 7.05 Å². The lowest BCUT2D eigenvalue weighted by atomic mass is 10.0. The Morgan fingerprint density at radius 3 is 2.47 bits per heavy atom.